The predicted molar refractivity (Wildman–Crippen MR) is 549 cm³/mol. The molecular formula is C106H120FN19O16. The molecule has 5 saturated heterocycles. The summed E-state index contributed by atoms with van der Waals surface area (Å²) in [5, 5.41) is 17.5. The quantitative estimate of drug-likeness (QED) is 0.0567. The second-order valence-corrected chi connectivity index (χ2v) is 35.3. The van der Waals surface area contributed by atoms with Crippen LogP contribution in [-0.2, 0) is 0 Å². The second-order valence-electron chi connectivity index (χ2n) is 35.3. The van der Waals surface area contributed by atoms with E-state index in [0.29, 0.717) is 152 Å². The summed E-state index contributed by atoms with van der Waals surface area (Å²) in [5.41, 5.74) is 13.9. The molecule has 1 atom stereocenters. The first-order chi connectivity index (χ1) is 68.9. The molecule has 35 nitrogen and oxygen atoms in total. The summed E-state index contributed by atoms with van der Waals surface area (Å²) in [7, 11) is 24.0. The Hall–Kier alpha value is -15.2. The van der Waals surface area contributed by atoms with Gasteiger partial charge in [0.05, 0.1) is 122 Å². The summed E-state index contributed by atoms with van der Waals surface area (Å²) < 4.78 is 75.1. The molecule has 742 valence electrons. The fourth-order valence-electron chi connectivity index (χ4n) is 18.3. The number of piperidine rings is 2. The zero-order chi connectivity index (χ0) is 99.9. The number of piperazine rings is 2. The maximum absolute atomic E-state index is 14.3. The Morgan fingerprint density at radius 3 is 0.951 bits per heavy atom. The van der Waals surface area contributed by atoms with E-state index in [9.17, 15) is 33.6 Å². The molecule has 0 bridgehead atoms. The number of hydrogen-bond acceptors (Lipinski definition) is 30. The fraction of sp³-hybridized carbons (Fsp3) is 0.340. The van der Waals surface area contributed by atoms with Crippen LogP contribution in [-0.4, -0.2) is 270 Å². The number of ether oxygens (including phenoxy) is 10. The van der Waals surface area contributed by atoms with E-state index in [1.165, 1.54) is 47.4 Å². The van der Waals surface area contributed by atoms with Gasteiger partial charge in [0.25, 0.3) is 27.8 Å². The predicted octanol–water partition coefficient (Wildman–Crippen LogP) is 12.1. The largest absolute Gasteiger partial charge is 0.493 e. The van der Waals surface area contributed by atoms with E-state index >= 15 is 0 Å². The van der Waals surface area contributed by atoms with Crippen molar-refractivity contribution in [3.8, 4) is 114 Å². The highest BCUT2D eigenvalue weighted by Gasteiger charge is 2.28. The van der Waals surface area contributed by atoms with Gasteiger partial charge in [0, 0.05) is 180 Å². The lowest BCUT2D eigenvalue weighted by molar-refractivity contribution is -0.0935. The highest BCUT2D eigenvalue weighted by Crippen LogP contribution is 2.40. The SMILES string of the molecule is COc1cc(-c2cc(=O)n3cc(N4CCNCC4)ccc3n2)cc(F)c1OC.COc1ccc(-c2cc(=O)n3cc(C4CCNCC4)ccc3n2)cc1OC.COc1ccc(-c2cc(=O)n3cc(N4CCC(N(C)C)CC4)ccc3n2)cc1OC.COc1ccc(-c2cc(=O)n3cc(N4CCN(O)CC4)ccc3n2)cc1OC.COc1ccc(-c2cc(=O)n3cc(N4CC[C@H](N(C)C)C4)ccc3n2)cc1OC. The van der Waals surface area contributed by atoms with Gasteiger partial charge in [-0.3, -0.25) is 46.0 Å². The Bertz CT molecular complexity index is 7360. The van der Waals surface area contributed by atoms with Crippen molar-refractivity contribution in [3.63, 3.8) is 0 Å². The molecule has 3 N–H and O–H groups in total. The summed E-state index contributed by atoms with van der Waals surface area (Å²) in [6.45, 7) is 12.1. The number of nitrogens with zero attached hydrogens (tertiary/aromatic N) is 17. The van der Waals surface area contributed by atoms with Crippen molar-refractivity contribution in [1.82, 2.24) is 72.4 Å². The third-order valence-electron chi connectivity index (χ3n) is 26.4. The van der Waals surface area contributed by atoms with Gasteiger partial charge < -0.3 is 92.6 Å². The Morgan fingerprint density at radius 2 is 0.606 bits per heavy atom. The molecule has 5 aliphatic rings. The Labute approximate surface area is 820 Å². The van der Waals surface area contributed by atoms with Crippen LogP contribution in [0.5, 0.6) is 57.5 Å². The number of halogens is 1. The fourth-order valence-corrected chi connectivity index (χ4v) is 18.3. The van der Waals surface area contributed by atoms with Crippen LogP contribution in [0.3, 0.4) is 0 Å². The summed E-state index contributed by atoms with van der Waals surface area (Å²) in [4.78, 5) is 101. The van der Waals surface area contributed by atoms with Gasteiger partial charge in [0.1, 0.15) is 28.2 Å². The van der Waals surface area contributed by atoms with Crippen molar-refractivity contribution in [3.05, 3.63) is 270 Å². The molecule has 0 amide bonds. The Morgan fingerprint density at radius 1 is 0.303 bits per heavy atom. The van der Waals surface area contributed by atoms with Gasteiger partial charge in [-0.05, 0) is 224 Å². The molecule has 36 heteroatoms. The third-order valence-corrected chi connectivity index (χ3v) is 26.4. The van der Waals surface area contributed by atoms with Crippen molar-refractivity contribution in [1.29, 1.82) is 0 Å². The summed E-state index contributed by atoms with van der Waals surface area (Å²) in [6.07, 6.45) is 14.9. The molecule has 0 unspecified atom stereocenters. The lowest BCUT2D eigenvalue weighted by Gasteiger charge is -2.36. The molecule has 142 heavy (non-hydrogen) atoms. The molecule has 5 aromatic carbocycles. The van der Waals surface area contributed by atoms with Crippen molar-refractivity contribution in [2.75, 3.05) is 211 Å². The minimum atomic E-state index is -0.576. The Balaban J connectivity index is 0.000000128. The lowest BCUT2D eigenvalue weighted by atomic mass is 9.91. The van der Waals surface area contributed by atoms with Crippen molar-refractivity contribution >= 4 is 51.0 Å². The number of rotatable bonds is 22. The number of hydrogen-bond donors (Lipinski definition) is 3. The molecular weight excluding hydrogens is 1810 g/mol. The third kappa shape index (κ3) is 22.6. The van der Waals surface area contributed by atoms with Gasteiger partial charge in [-0.25, -0.2) is 29.3 Å². The highest BCUT2D eigenvalue weighted by atomic mass is 19.1. The average Bonchev–Trinajstić information content (AvgIpc) is 1.19. The Kier molecular flexibility index (Phi) is 31.9. The molecule has 0 radical (unpaired) electrons. The van der Waals surface area contributed by atoms with Crippen LogP contribution in [0.1, 0.15) is 43.6 Å². The number of likely N-dealkylation sites (N-methyl/N-ethyl adjacent to an activating group) is 1. The van der Waals surface area contributed by atoms with Gasteiger partial charge >= 0.3 is 0 Å². The summed E-state index contributed by atoms with van der Waals surface area (Å²) in [6, 6.07) is 53.2. The van der Waals surface area contributed by atoms with Crippen LogP contribution in [0.4, 0.5) is 27.1 Å². The number of pyridine rings is 5. The average molecular weight is 1940 g/mol. The lowest BCUT2D eigenvalue weighted by Crippen LogP contribution is -2.44. The monoisotopic (exact) mass is 1930 g/mol. The molecule has 5 fully saturated rings. The van der Waals surface area contributed by atoms with Crippen molar-refractivity contribution in [2.24, 2.45) is 0 Å². The van der Waals surface area contributed by atoms with Crippen LogP contribution in [0, 0.1) is 5.82 Å². The molecule has 15 heterocycles. The first kappa shape index (κ1) is 99.8. The standard InChI is InChI=1S/C23H28N4O3.C22H26N4O3.C21H23N3O3.C20H21FN4O3.C20H22N4O4/c1-25(2)17-9-11-26(12-10-17)18-6-8-22-24-19(14-23(28)27(22)15-18)16-5-7-20(29-3)21(13-16)30-4;1-24(2)16-9-10-25(13-16)17-6-8-21-23-18(12-22(27)26(21)14-17)15-5-7-19(28-3)20(11-15)29-4;1-26-18-5-3-15(11-19(18)27-2)17-12-21(25)24-13-16(4-6-20(24)23-17)14-7-9-22-10-8-14;1-27-17-10-13(9-15(21)20(17)28-2)16-11-19(26)25-12-14(3-4-18(25)23-16)24-7-5-22-6-8-24;1-27-17-5-3-14(11-18(17)28-2)16-12-20(25)24-13-15(4-6-19(24)21-16)22-7-9-23(26)10-8-22/h5-8,13-15,17H,9-12H2,1-4H3;5-8,11-12,14,16H,9-10,13H2,1-4H3;3-6,11-14,22H,7-10H2,1-2H3;3-4,9-12,22H,5-8H2,1-2H3;3-6,11-13,26H,7-10H2,1-2H3/t;16-;;;/m.0.../s1. The van der Waals surface area contributed by atoms with Gasteiger partial charge in [-0.2, -0.15) is 5.06 Å². The van der Waals surface area contributed by atoms with E-state index in [0.717, 1.165) is 143 Å². The van der Waals surface area contributed by atoms with Crippen LogP contribution in [0.25, 0.3) is 84.5 Å². The molecule has 0 aliphatic carbocycles. The van der Waals surface area contributed by atoms with Gasteiger partial charge in [-0.15, -0.1) is 0 Å². The number of benzene rings is 5. The minimum absolute atomic E-state index is 0.0180. The van der Waals surface area contributed by atoms with E-state index in [4.69, 9.17) is 52.4 Å². The van der Waals surface area contributed by atoms with E-state index in [1.54, 1.807) is 129 Å². The van der Waals surface area contributed by atoms with Crippen LogP contribution in [0.15, 0.2) is 231 Å². The number of hydroxylamine groups is 2. The molecule has 15 aromatic rings. The molecule has 0 spiro atoms. The minimum Gasteiger partial charge on any atom is -0.493 e. The van der Waals surface area contributed by atoms with E-state index in [-0.39, 0.29) is 39.3 Å². The first-order valence-corrected chi connectivity index (χ1v) is 47.1. The number of aromatic nitrogens is 10. The molecule has 20 rings (SSSR count). The number of fused-ring (bicyclic) bond motifs is 5. The maximum Gasteiger partial charge on any atom is 0.258 e. The number of anilines is 4. The zero-order valence-corrected chi connectivity index (χ0v) is 82.3. The van der Waals surface area contributed by atoms with Crippen LogP contribution >= 0.6 is 0 Å². The second kappa shape index (κ2) is 45.4. The normalized spacial score (nSPS) is 15.2. The molecule has 10 aromatic heterocycles. The van der Waals surface area contributed by atoms with Gasteiger partial charge in [0.15, 0.2) is 63.3 Å². The summed E-state index contributed by atoms with van der Waals surface area (Å²) >= 11 is 0. The smallest absolute Gasteiger partial charge is 0.258 e. The zero-order valence-electron chi connectivity index (χ0n) is 82.3. The first-order valence-electron chi connectivity index (χ1n) is 47.1. The van der Waals surface area contributed by atoms with E-state index in [2.05, 4.69) is 100 Å². The topological polar surface area (TPSA) is 331 Å². The molecule has 5 aliphatic heterocycles. The summed E-state index contributed by atoms with van der Waals surface area (Å²) in [5.74, 6) is 5.13. The van der Waals surface area contributed by atoms with Gasteiger partial charge in [0.2, 0.25) is 0 Å². The van der Waals surface area contributed by atoms with Crippen LogP contribution < -0.4 is 105 Å². The number of methoxy groups -OCH3 is 10. The van der Waals surface area contributed by atoms with Crippen LogP contribution in [0.2, 0.25) is 0 Å². The molecule has 0 saturated carbocycles. The van der Waals surface area contributed by atoms with Crippen molar-refractivity contribution < 1.29 is 57.0 Å². The van der Waals surface area contributed by atoms with E-state index in [1.807, 2.05) is 122 Å². The number of nitrogens with one attached hydrogen (secondary N) is 2. The van der Waals surface area contributed by atoms with E-state index < -0.39 is 5.82 Å². The van der Waals surface area contributed by atoms with Gasteiger partial charge in [-0.1, -0.05) is 6.07 Å². The highest BCUT2D eigenvalue weighted by molar-refractivity contribution is 5.72. The van der Waals surface area contributed by atoms with Crippen molar-refractivity contribution in [2.45, 2.75) is 50.1 Å². The maximum atomic E-state index is 14.3.